The molecule has 1 heteroatoms. The second-order valence-electron chi connectivity index (χ2n) is 7.73. The second-order valence-corrected chi connectivity index (χ2v) is 7.73. The van der Waals surface area contributed by atoms with E-state index in [0.717, 1.165) is 5.75 Å². The Morgan fingerprint density at radius 3 is 1.71 bits per heavy atom. The summed E-state index contributed by atoms with van der Waals surface area (Å²) < 4.78 is 6.95. The van der Waals surface area contributed by atoms with Crippen LogP contribution in [-0.2, 0) is 5.60 Å². The summed E-state index contributed by atoms with van der Waals surface area (Å²) in [5.74, 6) is 0.978. The van der Waals surface area contributed by atoms with Gasteiger partial charge in [0.05, 0.1) is 0 Å². The first-order chi connectivity index (χ1) is 13.9. The molecule has 0 aromatic heterocycles. The Balaban J connectivity index is 1.69. The van der Waals surface area contributed by atoms with Gasteiger partial charge in [0.25, 0.3) is 0 Å². The van der Waals surface area contributed by atoms with Gasteiger partial charge in [-0.1, -0.05) is 91.0 Å². The van der Waals surface area contributed by atoms with E-state index in [4.69, 9.17) is 4.74 Å². The first-order valence-corrected chi connectivity index (χ1v) is 9.71. The van der Waals surface area contributed by atoms with Gasteiger partial charge >= 0.3 is 0 Å². The summed E-state index contributed by atoms with van der Waals surface area (Å²) in [5.41, 5.74) is 8.00. The molecular formula is C27H16O. The molecule has 4 aromatic rings. The number of ether oxygens (including phenoxy) is 1. The third-order valence-electron chi connectivity index (χ3n) is 6.39. The minimum absolute atomic E-state index is 0.626. The highest BCUT2D eigenvalue weighted by molar-refractivity contribution is 6.10. The molecule has 0 bridgehead atoms. The molecule has 0 fully saturated rings. The lowest BCUT2D eigenvalue weighted by atomic mass is 9.77. The topological polar surface area (TPSA) is 9.23 Å². The molecule has 0 saturated carbocycles. The molecule has 1 heterocycles. The standard InChI is InChI=1S/C27H16O/c1-3-7-21-17(5-1)9-10-18-6-2-4-8-22(18)27(21)23-15-13-19-11-12-20-14-16-24(28-27)26(23)25(19)20/h1-16H. The zero-order valence-electron chi connectivity index (χ0n) is 15.1. The van der Waals surface area contributed by atoms with Gasteiger partial charge in [0, 0.05) is 27.5 Å². The predicted octanol–water partition coefficient (Wildman–Crippen LogP) is 6.49. The first-order valence-electron chi connectivity index (χ1n) is 9.71. The maximum atomic E-state index is 6.95. The molecule has 0 atom stereocenters. The number of fused-ring (bicyclic) bond motifs is 5. The molecule has 0 radical (unpaired) electrons. The molecule has 2 aliphatic carbocycles. The summed E-state index contributed by atoms with van der Waals surface area (Å²) in [7, 11) is 0. The SMILES string of the molecule is C1=Cc2ccccc2C2(Oc3ccc4c5c(ccc2c35)C=C4)c2ccccc21. The van der Waals surface area contributed by atoms with Crippen molar-refractivity contribution < 1.29 is 4.74 Å². The molecule has 4 aromatic carbocycles. The van der Waals surface area contributed by atoms with Crippen molar-refractivity contribution >= 4 is 35.1 Å². The van der Waals surface area contributed by atoms with Crippen molar-refractivity contribution in [2.24, 2.45) is 0 Å². The zero-order valence-corrected chi connectivity index (χ0v) is 15.1. The van der Waals surface area contributed by atoms with Crippen molar-refractivity contribution in [3.8, 4) is 5.75 Å². The Morgan fingerprint density at radius 2 is 1.04 bits per heavy atom. The van der Waals surface area contributed by atoms with E-state index < -0.39 is 5.60 Å². The van der Waals surface area contributed by atoms with Crippen LogP contribution in [0, 0.1) is 0 Å². The van der Waals surface area contributed by atoms with Crippen molar-refractivity contribution in [2.45, 2.75) is 5.60 Å². The average Bonchev–Trinajstić information content (AvgIpc) is 3.27. The van der Waals surface area contributed by atoms with Crippen molar-refractivity contribution in [3.05, 3.63) is 112 Å². The van der Waals surface area contributed by atoms with E-state index in [1.807, 2.05) is 0 Å². The quantitative estimate of drug-likeness (QED) is 0.308. The van der Waals surface area contributed by atoms with Gasteiger partial charge in [-0.05, 0) is 28.3 Å². The molecule has 1 nitrogen and oxygen atoms in total. The Hall–Kier alpha value is -3.58. The maximum absolute atomic E-state index is 6.95. The molecule has 0 N–H and O–H groups in total. The lowest BCUT2D eigenvalue weighted by Gasteiger charge is -2.33. The maximum Gasteiger partial charge on any atom is 0.186 e. The summed E-state index contributed by atoms with van der Waals surface area (Å²) in [5, 5.41) is 2.57. The van der Waals surface area contributed by atoms with Gasteiger partial charge in [-0.3, -0.25) is 0 Å². The number of hydrogen-bond acceptors (Lipinski definition) is 1. The van der Waals surface area contributed by atoms with Crippen molar-refractivity contribution in [1.29, 1.82) is 0 Å². The molecule has 7 rings (SSSR count). The number of hydrogen-bond donors (Lipinski definition) is 0. The Bertz CT molecular complexity index is 1330. The highest BCUT2D eigenvalue weighted by Gasteiger charge is 2.48. The fourth-order valence-electron chi connectivity index (χ4n) is 5.22. The monoisotopic (exact) mass is 356 g/mol. The molecule has 130 valence electrons. The minimum Gasteiger partial charge on any atom is -0.472 e. The summed E-state index contributed by atoms with van der Waals surface area (Å²) in [6.45, 7) is 0. The molecule has 1 aliphatic heterocycles. The Labute approximate surface area is 163 Å². The van der Waals surface area contributed by atoms with Gasteiger partial charge in [-0.15, -0.1) is 0 Å². The smallest absolute Gasteiger partial charge is 0.186 e. The third-order valence-corrected chi connectivity index (χ3v) is 6.39. The summed E-state index contributed by atoms with van der Waals surface area (Å²) >= 11 is 0. The lowest BCUT2D eigenvalue weighted by Crippen LogP contribution is -2.34. The second kappa shape index (κ2) is 4.82. The highest BCUT2D eigenvalue weighted by Crippen LogP contribution is 2.56. The molecule has 0 saturated heterocycles. The van der Waals surface area contributed by atoms with Gasteiger partial charge in [0.2, 0.25) is 0 Å². The molecular weight excluding hydrogens is 340 g/mol. The van der Waals surface area contributed by atoms with Crippen LogP contribution in [0.2, 0.25) is 0 Å². The van der Waals surface area contributed by atoms with Crippen molar-refractivity contribution in [2.75, 3.05) is 0 Å². The van der Waals surface area contributed by atoms with E-state index >= 15 is 0 Å². The summed E-state index contributed by atoms with van der Waals surface area (Å²) in [6, 6.07) is 26.1. The summed E-state index contributed by atoms with van der Waals surface area (Å²) in [6.07, 6.45) is 8.84. The minimum atomic E-state index is -0.626. The number of benzene rings is 4. The van der Waals surface area contributed by atoms with Gasteiger partial charge in [0.1, 0.15) is 5.75 Å². The normalized spacial score (nSPS) is 16.1. The molecule has 28 heavy (non-hydrogen) atoms. The summed E-state index contributed by atoms with van der Waals surface area (Å²) in [4.78, 5) is 0. The fourth-order valence-corrected chi connectivity index (χ4v) is 5.22. The van der Waals surface area contributed by atoms with E-state index in [-0.39, 0.29) is 0 Å². The van der Waals surface area contributed by atoms with Crippen LogP contribution in [-0.4, -0.2) is 0 Å². The molecule has 0 amide bonds. The van der Waals surface area contributed by atoms with E-state index in [9.17, 15) is 0 Å². The predicted molar refractivity (Wildman–Crippen MR) is 115 cm³/mol. The highest BCUT2D eigenvalue weighted by atomic mass is 16.5. The van der Waals surface area contributed by atoms with Crippen LogP contribution in [0.4, 0.5) is 0 Å². The van der Waals surface area contributed by atoms with E-state index in [1.165, 1.54) is 49.7 Å². The molecule has 1 spiro atoms. The number of rotatable bonds is 0. The van der Waals surface area contributed by atoms with Gasteiger partial charge in [0.15, 0.2) is 5.60 Å². The molecule has 3 aliphatic rings. The third kappa shape index (κ3) is 1.55. The van der Waals surface area contributed by atoms with Gasteiger partial charge in [-0.25, -0.2) is 0 Å². The van der Waals surface area contributed by atoms with Crippen LogP contribution in [0.15, 0.2) is 72.8 Å². The van der Waals surface area contributed by atoms with Crippen LogP contribution < -0.4 is 4.74 Å². The Kier molecular flexibility index (Phi) is 2.49. The van der Waals surface area contributed by atoms with E-state index in [2.05, 4.69) is 97.1 Å². The lowest BCUT2D eigenvalue weighted by molar-refractivity contribution is 0.173. The van der Waals surface area contributed by atoms with Crippen LogP contribution in [0.25, 0.3) is 35.1 Å². The zero-order chi connectivity index (χ0) is 18.3. The fraction of sp³-hybridized carbons (Fsp3) is 0.0370. The van der Waals surface area contributed by atoms with Gasteiger partial charge in [-0.2, -0.15) is 0 Å². The average molecular weight is 356 g/mol. The van der Waals surface area contributed by atoms with Gasteiger partial charge < -0.3 is 4.74 Å². The van der Waals surface area contributed by atoms with Crippen molar-refractivity contribution in [3.63, 3.8) is 0 Å². The Morgan fingerprint density at radius 1 is 0.464 bits per heavy atom. The van der Waals surface area contributed by atoms with Crippen LogP contribution in [0.3, 0.4) is 0 Å². The van der Waals surface area contributed by atoms with Crippen LogP contribution in [0.5, 0.6) is 5.75 Å². The first kappa shape index (κ1) is 14.5. The van der Waals surface area contributed by atoms with E-state index in [1.54, 1.807) is 0 Å². The van der Waals surface area contributed by atoms with Crippen molar-refractivity contribution in [1.82, 2.24) is 0 Å². The van der Waals surface area contributed by atoms with E-state index in [0.29, 0.717) is 0 Å². The van der Waals surface area contributed by atoms with Crippen LogP contribution >= 0.6 is 0 Å². The molecule has 0 unspecified atom stereocenters. The van der Waals surface area contributed by atoms with Crippen LogP contribution in [0.1, 0.15) is 38.9 Å². The largest absolute Gasteiger partial charge is 0.472 e.